The zero-order valence-corrected chi connectivity index (χ0v) is 9.08. The van der Waals surface area contributed by atoms with E-state index in [4.69, 9.17) is 4.74 Å². The second-order valence-electron chi connectivity index (χ2n) is 5.42. The molecule has 1 aliphatic heterocycles. The molecule has 3 rings (SSSR count). The van der Waals surface area contributed by atoms with Gasteiger partial charge in [-0.05, 0) is 56.5 Å². The number of fused-ring (bicyclic) bond motifs is 1. The monoisotopic (exact) mass is 209 g/mol. The van der Waals surface area contributed by atoms with E-state index in [9.17, 15) is 4.79 Å². The molecule has 84 valence electrons. The lowest BCUT2D eigenvalue weighted by Gasteiger charge is -2.10. The lowest BCUT2D eigenvalue weighted by Crippen LogP contribution is -2.20. The topological polar surface area (TPSA) is 38.3 Å². The summed E-state index contributed by atoms with van der Waals surface area (Å²) < 4.78 is 5.36. The maximum absolute atomic E-state index is 11.8. The summed E-state index contributed by atoms with van der Waals surface area (Å²) in [7, 11) is 0. The molecule has 0 amide bonds. The van der Waals surface area contributed by atoms with E-state index in [1.54, 1.807) is 0 Å². The Morgan fingerprint density at radius 3 is 2.47 bits per heavy atom. The van der Waals surface area contributed by atoms with Gasteiger partial charge in [-0.15, -0.1) is 0 Å². The van der Waals surface area contributed by atoms with Gasteiger partial charge >= 0.3 is 5.97 Å². The molecule has 3 aliphatic rings. The van der Waals surface area contributed by atoms with E-state index in [1.165, 1.54) is 12.8 Å². The number of nitrogens with one attached hydrogen (secondary N) is 1. The molecule has 3 nitrogen and oxygen atoms in total. The number of carbonyl (C=O) groups is 1. The van der Waals surface area contributed by atoms with E-state index in [0.717, 1.165) is 37.8 Å². The summed E-state index contributed by atoms with van der Waals surface area (Å²) in [6.07, 6.45) is 4.63. The minimum absolute atomic E-state index is 0.0799. The maximum Gasteiger partial charge on any atom is 0.308 e. The average molecular weight is 209 g/mol. The van der Waals surface area contributed by atoms with Crippen LogP contribution < -0.4 is 5.32 Å². The molecular formula is C12H19NO2. The van der Waals surface area contributed by atoms with Gasteiger partial charge < -0.3 is 10.1 Å². The van der Waals surface area contributed by atoms with Gasteiger partial charge in [-0.1, -0.05) is 0 Å². The predicted octanol–water partition coefficient (Wildman–Crippen LogP) is 1.19. The third kappa shape index (κ3) is 2.03. The summed E-state index contributed by atoms with van der Waals surface area (Å²) in [4.78, 5) is 11.8. The van der Waals surface area contributed by atoms with Crippen LogP contribution in [0.4, 0.5) is 0 Å². The van der Waals surface area contributed by atoms with E-state index >= 15 is 0 Å². The summed E-state index contributed by atoms with van der Waals surface area (Å²) in [6.45, 7) is 2.90. The lowest BCUT2D eigenvalue weighted by atomic mass is 10.0. The third-order valence-corrected chi connectivity index (χ3v) is 4.15. The first-order chi connectivity index (χ1) is 7.33. The Kier molecular flexibility index (Phi) is 2.43. The molecule has 1 N–H and O–H groups in total. The second-order valence-corrected chi connectivity index (χ2v) is 5.42. The number of esters is 1. The van der Waals surface area contributed by atoms with Crippen LogP contribution in [0.2, 0.25) is 0 Å². The van der Waals surface area contributed by atoms with Crippen molar-refractivity contribution in [3.05, 3.63) is 0 Å². The summed E-state index contributed by atoms with van der Waals surface area (Å²) >= 11 is 0. The summed E-state index contributed by atoms with van der Waals surface area (Å²) in [5.74, 6) is 2.46. The van der Waals surface area contributed by atoms with E-state index in [1.807, 2.05) is 0 Å². The quantitative estimate of drug-likeness (QED) is 0.709. The van der Waals surface area contributed by atoms with Crippen molar-refractivity contribution in [2.45, 2.75) is 25.7 Å². The molecule has 0 aromatic heterocycles. The number of rotatable bonds is 3. The van der Waals surface area contributed by atoms with Crippen molar-refractivity contribution in [2.75, 3.05) is 19.7 Å². The van der Waals surface area contributed by atoms with Crippen molar-refractivity contribution < 1.29 is 9.53 Å². The fraction of sp³-hybridized carbons (Fsp3) is 0.917. The Morgan fingerprint density at radius 2 is 1.87 bits per heavy atom. The van der Waals surface area contributed by atoms with Gasteiger partial charge in [0.05, 0.1) is 12.5 Å². The first-order valence-electron chi connectivity index (χ1n) is 6.20. The van der Waals surface area contributed by atoms with Gasteiger partial charge in [-0.2, -0.15) is 0 Å². The molecule has 0 radical (unpaired) electrons. The molecule has 3 heteroatoms. The zero-order chi connectivity index (χ0) is 10.3. The Bertz CT molecular complexity index is 250. The van der Waals surface area contributed by atoms with E-state index < -0.39 is 0 Å². The first-order valence-corrected chi connectivity index (χ1v) is 6.20. The highest BCUT2D eigenvalue weighted by Gasteiger charge is 2.41. The zero-order valence-electron chi connectivity index (χ0n) is 9.08. The summed E-state index contributed by atoms with van der Waals surface area (Å²) in [6, 6.07) is 0. The average Bonchev–Trinajstić information content (AvgIpc) is 2.79. The third-order valence-electron chi connectivity index (χ3n) is 4.15. The van der Waals surface area contributed by atoms with Crippen LogP contribution in [0.1, 0.15) is 25.7 Å². The van der Waals surface area contributed by atoms with Crippen LogP contribution in [0.5, 0.6) is 0 Å². The molecule has 0 aromatic rings. The van der Waals surface area contributed by atoms with Crippen molar-refractivity contribution in [3.63, 3.8) is 0 Å². The Balaban J connectivity index is 1.48. The van der Waals surface area contributed by atoms with Gasteiger partial charge in [0.1, 0.15) is 0 Å². The molecule has 15 heavy (non-hydrogen) atoms. The first kappa shape index (κ1) is 9.64. The molecule has 2 saturated carbocycles. The molecule has 2 aliphatic carbocycles. The molecule has 2 atom stereocenters. The van der Waals surface area contributed by atoms with Gasteiger partial charge in [0.2, 0.25) is 0 Å². The largest absolute Gasteiger partial charge is 0.465 e. The number of ether oxygens (including phenoxy) is 1. The molecular weight excluding hydrogens is 190 g/mol. The Labute approximate surface area is 90.6 Å². The SMILES string of the molecule is O=C(OCC1CC1)C1CC2CNCC2C1. The smallest absolute Gasteiger partial charge is 0.308 e. The number of carbonyl (C=O) groups excluding carboxylic acids is 1. The van der Waals surface area contributed by atoms with Gasteiger partial charge in [-0.25, -0.2) is 0 Å². The van der Waals surface area contributed by atoms with Crippen LogP contribution in [-0.4, -0.2) is 25.7 Å². The Hall–Kier alpha value is -0.570. The maximum atomic E-state index is 11.8. The lowest BCUT2D eigenvalue weighted by molar-refractivity contribution is -0.149. The van der Waals surface area contributed by atoms with Gasteiger partial charge in [-0.3, -0.25) is 4.79 Å². The highest BCUT2D eigenvalue weighted by Crippen LogP contribution is 2.39. The van der Waals surface area contributed by atoms with Crippen LogP contribution >= 0.6 is 0 Å². The number of hydrogen-bond acceptors (Lipinski definition) is 3. The van der Waals surface area contributed by atoms with Crippen LogP contribution in [-0.2, 0) is 9.53 Å². The van der Waals surface area contributed by atoms with Crippen molar-refractivity contribution in [3.8, 4) is 0 Å². The van der Waals surface area contributed by atoms with E-state index in [0.29, 0.717) is 12.5 Å². The minimum Gasteiger partial charge on any atom is -0.465 e. The molecule has 0 spiro atoms. The van der Waals surface area contributed by atoms with Crippen LogP contribution in [0.15, 0.2) is 0 Å². The van der Waals surface area contributed by atoms with Crippen molar-refractivity contribution in [1.29, 1.82) is 0 Å². The molecule has 1 saturated heterocycles. The number of hydrogen-bond donors (Lipinski definition) is 1. The fourth-order valence-electron chi connectivity index (χ4n) is 2.96. The highest BCUT2D eigenvalue weighted by atomic mass is 16.5. The van der Waals surface area contributed by atoms with Gasteiger partial charge in [0.25, 0.3) is 0 Å². The van der Waals surface area contributed by atoms with Gasteiger partial charge in [0.15, 0.2) is 0 Å². The molecule has 2 unspecified atom stereocenters. The Morgan fingerprint density at radius 1 is 1.20 bits per heavy atom. The minimum atomic E-state index is 0.0799. The summed E-state index contributed by atoms with van der Waals surface area (Å²) in [5.41, 5.74) is 0. The molecule has 3 fully saturated rings. The van der Waals surface area contributed by atoms with Crippen LogP contribution in [0.3, 0.4) is 0 Å². The predicted molar refractivity (Wildman–Crippen MR) is 56.3 cm³/mol. The van der Waals surface area contributed by atoms with Crippen LogP contribution in [0, 0.1) is 23.7 Å². The van der Waals surface area contributed by atoms with Crippen molar-refractivity contribution in [1.82, 2.24) is 5.32 Å². The van der Waals surface area contributed by atoms with E-state index in [2.05, 4.69) is 5.32 Å². The second kappa shape index (κ2) is 3.78. The highest BCUT2D eigenvalue weighted by molar-refractivity contribution is 5.73. The molecule has 0 aromatic carbocycles. The van der Waals surface area contributed by atoms with Crippen LogP contribution in [0.25, 0.3) is 0 Å². The normalized spacial score (nSPS) is 39.1. The molecule has 1 heterocycles. The van der Waals surface area contributed by atoms with E-state index in [-0.39, 0.29) is 11.9 Å². The van der Waals surface area contributed by atoms with Gasteiger partial charge in [0, 0.05) is 0 Å². The van der Waals surface area contributed by atoms with Crippen molar-refractivity contribution >= 4 is 5.97 Å². The van der Waals surface area contributed by atoms with Crippen molar-refractivity contribution in [2.24, 2.45) is 23.7 Å². The summed E-state index contributed by atoms with van der Waals surface area (Å²) in [5, 5.41) is 3.39. The molecule has 0 bridgehead atoms. The standard InChI is InChI=1S/C12H19NO2/c14-12(15-7-8-1-2-8)9-3-10-5-13-6-11(10)4-9/h8-11,13H,1-7H2. The fourth-order valence-corrected chi connectivity index (χ4v) is 2.96.